The monoisotopic (exact) mass is 572 g/mol. The molecule has 1 fully saturated rings. The number of benzene rings is 2. The number of non-ortho nitro benzene ring substituents is 1. The van der Waals surface area contributed by atoms with Crippen molar-refractivity contribution >= 4 is 33.8 Å². The van der Waals surface area contributed by atoms with E-state index in [9.17, 15) is 20.3 Å². The highest BCUT2D eigenvalue weighted by Crippen LogP contribution is 2.28. The second-order valence-electron chi connectivity index (χ2n) is 9.99. The molecule has 40 heavy (non-hydrogen) atoms. The first-order chi connectivity index (χ1) is 19.2. The van der Waals surface area contributed by atoms with E-state index in [1.165, 1.54) is 112 Å². The van der Waals surface area contributed by atoms with Crippen molar-refractivity contribution in [2.75, 3.05) is 6.61 Å². The Labute approximate surface area is 242 Å². The normalized spacial score (nSPS) is 13.6. The number of thiocarbonyl (C=S) groups is 1. The molecule has 0 saturated carbocycles. The molecule has 0 amide bonds. The minimum Gasteiger partial charge on any atom is -0.508 e. The van der Waals surface area contributed by atoms with Crippen molar-refractivity contribution in [3.8, 4) is 17.2 Å². The average Bonchev–Trinajstić information content (AvgIpc) is 3.67. The van der Waals surface area contributed by atoms with Crippen LogP contribution in [0.2, 0.25) is 0 Å². The Kier molecular flexibility index (Phi) is 15.0. The number of hydrogen-bond acceptors (Lipinski definition) is 7. The molecule has 9 nitrogen and oxygen atoms in total. The smallest absolute Gasteiger partial charge is 0.270 e. The number of nitrogens with zero attached hydrogens (tertiary/aromatic N) is 3. The Bertz CT molecular complexity index is 1200. The summed E-state index contributed by atoms with van der Waals surface area (Å²) in [5, 5.41) is 34.7. The SMILES string of the molecule is CCC(N)=S.CCCCCCCCCCCCC1CO1.O=[N+]([O-])c1ccc2nn(-c3cc(O)ccc3O)cc2c1. The Morgan fingerprint density at radius 1 is 1.05 bits per heavy atom. The van der Waals surface area contributed by atoms with Crippen LogP contribution in [0.4, 0.5) is 5.69 Å². The number of aromatic hydroxyl groups is 2. The molecule has 1 aliphatic heterocycles. The van der Waals surface area contributed by atoms with E-state index in [1.54, 1.807) is 6.20 Å². The zero-order chi connectivity index (χ0) is 29.3. The van der Waals surface area contributed by atoms with E-state index in [-0.39, 0.29) is 17.2 Å². The van der Waals surface area contributed by atoms with Gasteiger partial charge in [-0.3, -0.25) is 10.1 Å². The van der Waals surface area contributed by atoms with Crippen LogP contribution >= 0.6 is 12.2 Å². The molecule has 1 saturated heterocycles. The van der Waals surface area contributed by atoms with Crippen molar-refractivity contribution in [1.29, 1.82) is 0 Å². The van der Waals surface area contributed by atoms with E-state index in [4.69, 9.17) is 10.5 Å². The third kappa shape index (κ3) is 12.7. The van der Waals surface area contributed by atoms with Gasteiger partial charge in [-0.1, -0.05) is 90.3 Å². The topological polar surface area (TPSA) is 140 Å². The molecule has 1 unspecified atom stereocenters. The van der Waals surface area contributed by atoms with Gasteiger partial charge in [-0.25, -0.2) is 4.68 Å². The Hall–Kier alpha value is -3.24. The zero-order valence-corrected chi connectivity index (χ0v) is 24.6. The highest BCUT2D eigenvalue weighted by atomic mass is 32.1. The van der Waals surface area contributed by atoms with Gasteiger partial charge in [-0.2, -0.15) is 5.10 Å². The summed E-state index contributed by atoms with van der Waals surface area (Å²) in [6, 6.07) is 8.35. The molecule has 10 heteroatoms. The van der Waals surface area contributed by atoms with Crippen molar-refractivity contribution in [2.45, 2.75) is 97.0 Å². The summed E-state index contributed by atoms with van der Waals surface area (Å²) in [4.78, 5) is 10.8. The molecule has 1 atom stereocenters. The second kappa shape index (κ2) is 18.2. The van der Waals surface area contributed by atoms with Crippen LogP contribution in [0, 0.1) is 10.1 Å². The molecular formula is C30H44N4O5S. The maximum atomic E-state index is 10.7. The lowest BCUT2D eigenvalue weighted by molar-refractivity contribution is -0.384. The summed E-state index contributed by atoms with van der Waals surface area (Å²) in [6.45, 7) is 5.25. The largest absolute Gasteiger partial charge is 0.508 e. The van der Waals surface area contributed by atoms with Gasteiger partial charge in [-0.05, 0) is 31.0 Å². The molecule has 220 valence electrons. The van der Waals surface area contributed by atoms with Gasteiger partial charge in [0.05, 0.1) is 28.1 Å². The zero-order valence-electron chi connectivity index (χ0n) is 23.8. The number of epoxide rings is 1. The fourth-order valence-electron chi connectivity index (χ4n) is 4.04. The lowest BCUT2D eigenvalue weighted by Gasteiger charge is -2.04. The molecule has 2 heterocycles. The third-order valence-corrected chi connectivity index (χ3v) is 6.82. The number of nitro groups is 1. The fraction of sp³-hybridized carbons (Fsp3) is 0.533. The van der Waals surface area contributed by atoms with Gasteiger partial charge >= 0.3 is 0 Å². The summed E-state index contributed by atoms with van der Waals surface area (Å²) in [5.41, 5.74) is 5.84. The van der Waals surface area contributed by atoms with E-state index in [2.05, 4.69) is 24.2 Å². The number of ether oxygens (including phenoxy) is 1. The van der Waals surface area contributed by atoms with E-state index < -0.39 is 4.92 Å². The minimum absolute atomic E-state index is 0.0108. The van der Waals surface area contributed by atoms with Gasteiger partial charge in [0.25, 0.3) is 5.69 Å². The Morgan fingerprint density at radius 2 is 1.65 bits per heavy atom. The van der Waals surface area contributed by atoms with Crippen molar-refractivity contribution in [1.82, 2.24) is 9.78 Å². The highest BCUT2D eigenvalue weighted by molar-refractivity contribution is 7.80. The number of fused-ring (bicyclic) bond motifs is 1. The quantitative estimate of drug-likeness (QED) is 0.0445. The summed E-state index contributed by atoms with van der Waals surface area (Å²) in [6.07, 6.45) is 18.7. The van der Waals surface area contributed by atoms with Crippen LogP contribution in [0.25, 0.3) is 16.6 Å². The molecule has 0 bridgehead atoms. The molecule has 1 aromatic heterocycles. The minimum atomic E-state index is -0.484. The van der Waals surface area contributed by atoms with E-state index in [0.717, 1.165) is 13.0 Å². The first kappa shape index (κ1) is 33.0. The van der Waals surface area contributed by atoms with Gasteiger partial charge in [0.1, 0.15) is 17.2 Å². The van der Waals surface area contributed by atoms with Gasteiger partial charge in [0, 0.05) is 29.8 Å². The highest BCUT2D eigenvalue weighted by Gasteiger charge is 2.20. The molecule has 4 N–H and O–H groups in total. The number of rotatable bonds is 14. The van der Waals surface area contributed by atoms with Crippen molar-refractivity contribution in [3.05, 3.63) is 52.7 Å². The lowest BCUT2D eigenvalue weighted by atomic mass is 10.1. The molecule has 1 aliphatic rings. The van der Waals surface area contributed by atoms with E-state index in [1.807, 2.05) is 6.92 Å². The van der Waals surface area contributed by atoms with Crippen LogP contribution in [-0.2, 0) is 4.74 Å². The number of hydrogen-bond donors (Lipinski definition) is 3. The number of phenolic OH excluding ortho intramolecular Hbond substituents is 2. The van der Waals surface area contributed by atoms with Crippen LogP contribution in [0.1, 0.15) is 90.9 Å². The van der Waals surface area contributed by atoms with E-state index >= 15 is 0 Å². The van der Waals surface area contributed by atoms with Crippen LogP contribution < -0.4 is 5.73 Å². The fourth-order valence-corrected chi connectivity index (χ4v) is 4.04. The van der Waals surface area contributed by atoms with Gasteiger partial charge in [0.15, 0.2) is 0 Å². The Morgan fingerprint density at radius 3 is 2.20 bits per heavy atom. The predicted octanol–water partition coefficient (Wildman–Crippen LogP) is 7.72. The molecule has 3 aromatic rings. The first-order valence-electron chi connectivity index (χ1n) is 14.3. The summed E-state index contributed by atoms with van der Waals surface area (Å²) in [7, 11) is 0. The van der Waals surface area contributed by atoms with Crippen molar-refractivity contribution in [2.24, 2.45) is 5.73 Å². The number of nitro benzene ring substituents is 1. The van der Waals surface area contributed by atoms with Gasteiger partial charge in [-0.15, -0.1) is 0 Å². The summed E-state index contributed by atoms with van der Waals surface area (Å²) in [5.74, 6) is -0.0616. The average molecular weight is 573 g/mol. The van der Waals surface area contributed by atoms with Gasteiger partial charge in [0.2, 0.25) is 0 Å². The number of phenols is 2. The van der Waals surface area contributed by atoms with Crippen LogP contribution in [0.3, 0.4) is 0 Å². The van der Waals surface area contributed by atoms with Crippen LogP contribution in [-0.4, -0.2) is 42.6 Å². The lowest BCUT2D eigenvalue weighted by Crippen LogP contribution is -2.03. The second-order valence-corrected chi connectivity index (χ2v) is 10.5. The van der Waals surface area contributed by atoms with E-state index in [0.29, 0.717) is 27.7 Å². The molecule has 0 aliphatic carbocycles. The van der Waals surface area contributed by atoms with Crippen molar-refractivity contribution < 1.29 is 19.9 Å². The maximum Gasteiger partial charge on any atom is 0.270 e. The molecule has 2 aromatic carbocycles. The van der Waals surface area contributed by atoms with Crippen molar-refractivity contribution in [3.63, 3.8) is 0 Å². The Balaban J connectivity index is 0.000000248. The summed E-state index contributed by atoms with van der Waals surface area (Å²) < 4.78 is 6.56. The predicted molar refractivity (Wildman–Crippen MR) is 164 cm³/mol. The maximum absolute atomic E-state index is 10.7. The first-order valence-corrected chi connectivity index (χ1v) is 14.7. The molecule has 0 radical (unpaired) electrons. The van der Waals surface area contributed by atoms with Crippen LogP contribution in [0.15, 0.2) is 42.6 Å². The van der Waals surface area contributed by atoms with Gasteiger partial charge < -0.3 is 20.7 Å². The standard InChI is InChI=1S/C14H28O.C13H9N3O4.C3H7NS/c1-2-3-4-5-6-7-8-9-10-11-12-14-13-15-14;17-10-2-4-13(18)12(6-10)15-7-8-5-9(16(19)20)1-3-11(8)14-15;1-2-3(4)5/h14H,2-13H2,1H3;1-7,17-18H;2H2,1H3,(H2,4,5). The molecular weight excluding hydrogens is 528 g/mol. The number of aromatic nitrogens is 2. The molecule has 4 rings (SSSR count). The third-order valence-electron chi connectivity index (χ3n) is 6.54. The molecule has 0 spiro atoms. The number of nitrogens with two attached hydrogens (primary N) is 1. The summed E-state index contributed by atoms with van der Waals surface area (Å²) >= 11 is 4.47. The number of unbranched alkanes of at least 4 members (excludes halogenated alkanes) is 9. The van der Waals surface area contributed by atoms with Crippen LogP contribution in [0.5, 0.6) is 11.5 Å².